The summed E-state index contributed by atoms with van der Waals surface area (Å²) in [5.41, 5.74) is 0.647. The lowest BCUT2D eigenvalue weighted by Crippen LogP contribution is -2.63. The smallest absolute Gasteiger partial charge is 0.269 e. The van der Waals surface area contributed by atoms with Gasteiger partial charge in [-0.15, -0.1) is 0 Å². The maximum atomic E-state index is 15.5. The quantitative estimate of drug-likeness (QED) is 0.245. The van der Waals surface area contributed by atoms with Gasteiger partial charge in [-0.1, -0.05) is 72.8 Å². The topological polar surface area (TPSA) is 102 Å². The van der Waals surface area contributed by atoms with E-state index in [1.54, 1.807) is 18.2 Å². The van der Waals surface area contributed by atoms with Crippen LogP contribution in [0.4, 0.5) is 11.4 Å². The summed E-state index contributed by atoms with van der Waals surface area (Å²) in [6.45, 7) is 0.633. The molecule has 208 valence electrons. The highest BCUT2D eigenvalue weighted by Gasteiger charge is 2.81. The van der Waals surface area contributed by atoms with Gasteiger partial charge in [-0.25, -0.2) is 0 Å². The highest BCUT2D eigenvalue weighted by atomic mass is 16.6. The van der Waals surface area contributed by atoms with Crippen LogP contribution in [0.5, 0.6) is 5.75 Å². The molecule has 1 N–H and O–H groups in total. The summed E-state index contributed by atoms with van der Waals surface area (Å²) in [7, 11) is 0. The van der Waals surface area contributed by atoms with Gasteiger partial charge in [-0.2, -0.15) is 0 Å². The minimum atomic E-state index is -1.43. The van der Waals surface area contributed by atoms with E-state index in [-0.39, 0.29) is 23.4 Å². The van der Waals surface area contributed by atoms with Gasteiger partial charge in [0, 0.05) is 35.3 Å². The third kappa shape index (κ3) is 2.94. The number of nitrogens with zero attached hydrogens (tertiary/aromatic N) is 2. The van der Waals surface area contributed by atoms with Crippen LogP contribution in [0.25, 0.3) is 0 Å². The number of anilines is 1. The Kier molecular flexibility index (Phi) is 5.25. The van der Waals surface area contributed by atoms with E-state index in [4.69, 9.17) is 4.74 Å². The Morgan fingerprint density at radius 1 is 0.857 bits per heavy atom. The van der Waals surface area contributed by atoms with Crippen molar-refractivity contribution in [3.05, 3.63) is 135 Å². The van der Waals surface area contributed by atoms with Gasteiger partial charge in [-0.05, 0) is 48.7 Å². The van der Waals surface area contributed by atoms with Gasteiger partial charge in [-0.3, -0.25) is 24.6 Å². The van der Waals surface area contributed by atoms with Crippen molar-refractivity contribution in [1.29, 1.82) is 0 Å². The molecule has 1 unspecified atom stereocenters. The van der Waals surface area contributed by atoms with Gasteiger partial charge in [0.15, 0.2) is 5.78 Å². The minimum absolute atomic E-state index is 0.0241. The standard InChI is InChI=1S/C34H27N3O5/c38-30-24-11-4-7-15-28(24)42-31(22-9-2-1-3-10-22)33(30)29(21-16-18-23(19-17-21)37(40)41)27-14-8-20-36(27)34(33)25-12-5-6-13-26(25)35-32(34)39/h1-7,9-13,15-19,27,29,31H,8,14,20H2,(H,35,39)/t27-,29-,31?,33+,34+/m1/s1. The summed E-state index contributed by atoms with van der Waals surface area (Å²) < 4.78 is 6.92. The minimum Gasteiger partial charge on any atom is -0.484 e. The fourth-order valence-corrected chi connectivity index (χ4v) is 8.48. The first-order valence-electron chi connectivity index (χ1n) is 14.3. The van der Waals surface area contributed by atoms with Crippen LogP contribution in [0.3, 0.4) is 0 Å². The molecule has 42 heavy (non-hydrogen) atoms. The molecule has 0 aliphatic carbocycles. The number of nitro benzene ring substituents is 1. The van der Waals surface area contributed by atoms with Crippen molar-refractivity contribution < 1.29 is 19.2 Å². The van der Waals surface area contributed by atoms with Crippen LogP contribution in [0.15, 0.2) is 103 Å². The lowest BCUT2D eigenvalue weighted by molar-refractivity contribution is -0.384. The summed E-state index contributed by atoms with van der Waals surface area (Å²) in [5, 5.41) is 14.7. The molecule has 4 heterocycles. The van der Waals surface area contributed by atoms with Crippen molar-refractivity contribution in [2.24, 2.45) is 5.41 Å². The Hall–Kier alpha value is -4.82. The largest absolute Gasteiger partial charge is 0.484 e. The van der Waals surface area contributed by atoms with Crippen molar-refractivity contribution in [2.75, 3.05) is 11.9 Å². The summed E-state index contributed by atoms with van der Waals surface area (Å²) in [5.74, 6) is -0.401. The second-order valence-corrected chi connectivity index (χ2v) is 11.5. The SMILES string of the molecule is O=C1c2ccccc2OC(c2ccccc2)[C@]12[C@H](c1ccc([N+](=O)[O-])cc1)[C@H]1CCCN1[C@@]21C(=O)Nc2ccccc21. The van der Waals surface area contributed by atoms with E-state index in [2.05, 4.69) is 10.2 Å². The Labute approximate surface area is 242 Å². The zero-order valence-corrected chi connectivity index (χ0v) is 22.6. The predicted octanol–water partition coefficient (Wildman–Crippen LogP) is 6.01. The molecule has 5 atom stereocenters. The van der Waals surface area contributed by atoms with Crippen molar-refractivity contribution in [2.45, 2.75) is 36.4 Å². The van der Waals surface area contributed by atoms with Gasteiger partial charge < -0.3 is 10.1 Å². The van der Waals surface area contributed by atoms with Crippen LogP contribution in [-0.2, 0) is 10.3 Å². The molecule has 4 aromatic rings. The van der Waals surface area contributed by atoms with E-state index in [1.807, 2.05) is 72.8 Å². The first-order chi connectivity index (χ1) is 20.5. The van der Waals surface area contributed by atoms with E-state index < -0.39 is 27.9 Å². The molecule has 0 aromatic heterocycles. The number of nitrogens with one attached hydrogen (secondary N) is 1. The number of hydrogen-bond donors (Lipinski definition) is 1. The fourth-order valence-electron chi connectivity index (χ4n) is 8.48. The molecular formula is C34H27N3O5. The number of ketones is 1. The molecule has 2 fully saturated rings. The normalized spacial score (nSPS) is 29.2. The number of carbonyl (C=O) groups excluding carboxylic acids is 2. The molecule has 8 rings (SSSR count). The van der Waals surface area contributed by atoms with Gasteiger partial charge >= 0.3 is 0 Å². The average Bonchev–Trinajstić information content (AvgIpc) is 3.67. The second kappa shape index (κ2) is 8.84. The Morgan fingerprint density at radius 3 is 2.36 bits per heavy atom. The second-order valence-electron chi connectivity index (χ2n) is 11.5. The monoisotopic (exact) mass is 557 g/mol. The highest BCUT2D eigenvalue weighted by molar-refractivity contribution is 6.16. The number of ether oxygens (including phenoxy) is 1. The number of hydrogen-bond acceptors (Lipinski definition) is 6. The van der Waals surface area contributed by atoms with Crippen molar-refractivity contribution >= 4 is 23.1 Å². The summed E-state index contributed by atoms with van der Waals surface area (Å²) in [6, 6.07) is 30.9. The highest BCUT2D eigenvalue weighted by Crippen LogP contribution is 2.73. The Balaban J connectivity index is 1.52. The summed E-state index contributed by atoms with van der Waals surface area (Å²) in [4.78, 5) is 43.7. The maximum absolute atomic E-state index is 15.5. The van der Waals surface area contributed by atoms with Gasteiger partial charge in [0.05, 0.1) is 10.5 Å². The van der Waals surface area contributed by atoms with Crippen LogP contribution in [0.1, 0.15) is 51.9 Å². The van der Waals surface area contributed by atoms with Crippen LogP contribution >= 0.6 is 0 Å². The first kappa shape index (κ1) is 24.9. The van der Waals surface area contributed by atoms with Crippen LogP contribution in [-0.4, -0.2) is 34.1 Å². The lowest BCUT2D eigenvalue weighted by atomic mass is 9.52. The molecular weight excluding hydrogens is 530 g/mol. The summed E-state index contributed by atoms with van der Waals surface area (Å²) in [6.07, 6.45) is 0.823. The Bertz CT molecular complexity index is 1770. The number of carbonyl (C=O) groups is 2. The maximum Gasteiger partial charge on any atom is 0.269 e. The van der Waals surface area contributed by atoms with Gasteiger partial charge in [0.1, 0.15) is 22.8 Å². The third-order valence-electron chi connectivity index (χ3n) is 9.83. The summed E-state index contributed by atoms with van der Waals surface area (Å²) >= 11 is 0. The number of para-hydroxylation sites is 2. The molecule has 0 radical (unpaired) electrons. The molecule has 4 aliphatic heterocycles. The van der Waals surface area contributed by atoms with Crippen LogP contribution < -0.4 is 10.1 Å². The molecule has 8 nitrogen and oxygen atoms in total. The van der Waals surface area contributed by atoms with E-state index in [9.17, 15) is 14.9 Å². The zero-order chi connectivity index (χ0) is 28.6. The molecule has 2 spiro atoms. The third-order valence-corrected chi connectivity index (χ3v) is 9.83. The van der Waals surface area contributed by atoms with Crippen molar-refractivity contribution in [3.63, 3.8) is 0 Å². The number of rotatable bonds is 3. The lowest BCUT2D eigenvalue weighted by Gasteiger charge is -2.52. The molecule has 1 amide bonds. The molecule has 0 bridgehead atoms. The zero-order valence-electron chi connectivity index (χ0n) is 22.6. The number of amides is 1. The molecule has 2 saturated heterocycles. The molecule has 8 heteroatoms. The average molecular weight is 558 g/mol. The number of fused-ring (bicyclic) bond motifs is 6. The first-order valence-corrected chi connectivity index (χ1v) is 14.3. The van der Waals surface area contributed by atoms with Crippen molar-refractivity contribution in [1.82, 2.24) is 4.90 Å². The van der Waals surface area contributed by atoms with E-state index in [1.165, 1.54) is 12.1 Å². The number of nitro groups is 1. The molecule has 4 aromatic carbocycles. The van der Waals surface area contributed by atoms with Crippen LogP contribution in [0, 0.1) is 15.5 Å². The number of non-ortho nitro benzene ring substituents is 1. The van der Waals surface area contributed by atoms with E-state index in [0.717, 1.165) is 29.5 Å². The Morgan fingerprint density at radius 2 is 1.57 bits per heavy atom. The molecule has 4 aliphatic rings. The van der Waals surface area contributed by atoms with Gasteiger partial charge in [0.2, 0.25) is 0 Å². The number of Topliss-reactive ketones (excluding diaryl/α,β-unsaturated/α-hetero) is 1. The molecule has 0 saturated carbocycles. The van der Waals surface area contributed by atoms with E-state index >= 15 is 4.79 Å². The van der Waals surface area contributed by atoms with Gasteiger partial charge in [0.25, 0.3) is 11.6 Å². The van der Waals surface area contributed by atoms with Crippen LogP contribution in [0.2, 0.25) is 0 Å². The predicted molar refractivity (Wildman–Crippen MR) is 155 cm³/mol. The number of benzene rings is 4. The fraction of sp³-hybridized carbons (Fsp3) is 0.235. The van der Waals surface area contributed by atoms with E-state index in [0.29, 0.717) is 23.5 Å². The van der Waals surface area contributed by atoms with Crippen molar-refractivity contribution in [3.8, 4) is 5.75 Å².